The summed E-state index contributed by atoms with van der Waals surface area (Å²) >= 11 is 0. The number of nitrogens with zero attached hydrogens (tertiary/aromatic N) is 1. The van der Waals surface area contributed by atoms with E-state index >= 15 is 0 Å². The first-order valence-corrected chi connectivity index (χ1v) is 7.63. The minimum Gasteiger partial charge on any atom is -0.380 e. The Morgan fingerprint density at radius 1 is 1.40 bits per heavy atom. The predicted octanol–water partition coefficient (Wildman–Crippen LogP) is 2.34. The maximum absolute atomic E-state index is 12.0. The molecule has 0 spiro atoms. The Morgan fingerprint density at radius 2 is 2.20 bits per heavy atom. The quantitative estimate of drug-likeness (QED) is 0.632. The Hall–Kier alpha value is -1.45. The summed E-state index contributed by atoms with van der Waals surface area (Å²) in [6.07, 6.45) is 5.50. The summed E-state index contributed by atoms with van der Waals surface area (Å²) in [5.41, 5.74) is 0. The second kappa shape index (κ2) is 9.45. The van der Waals surface area contributed by atoms with Crippen molar-refractivity contribution in [1.29, 1.82) is 0 Å². The van der Waals surface area contributed by atoms with Crippen LogP contribution in [0.2, 0.25) is 0 Å². The van der Waals surface area contributed by atoms with Crippen molar-refractivity contribution in [3.8, 4) is 23.7 Å². The summed E-state index contributed by atoms with van der Waals surface area (Å²) in [4.78, 5) is 13.7. The van der Waals surface area contributed by atoms with Gasteiger partial charge in [-0.05, 0) is 25.7 Å². The number of likely N-dealkylation sites (tertiary alicyclic amines) is 1. The summed E-state index contributed by atoms with van der Waals surface area (Å²) in [5.74, 6) is 12.2. The molecule has 0 radical (unpaired) electrons. The molecule has 3 heteroatoms. The standard InChI is InChI=1S/C17H25NO2/c1-3-5-6-7-8-14-18-15(10-9-11-17(18)20)12-13-16(19)4-2/h15-16,19H,3-6,9-11,14H2,1-2H3/t15-,16?/m1/s1. The Balaban J connectivity index is 2.61. The van der Waals surface area contributed by atoms with E-state index in [-0.39, 0.29) is 11.9 Å². The van der Waals surface area contributed by atoms with Gasteiger partial charge in [0.15, 0.2) is 0 Å². The third-order valence-electron chi connectivity index (χ3n) is 3.40. The van der Waals surface area contributed by atoms with Crippen molar-refractivity contribution in [2.24, 2.45) is 0 Å². The van der Waals surface area contributed by atoms with Crippen LogP contribution in [0.5, 0.6) is 0 Å². The number of hydrogen-bond donors (Lipinski definition) is 1. The molecule has 1 N–H and O–H groups in total. The number of carbonyl (C=O) groups excluding carboxylic acids is 1. The molecule has 1 aliphatic heterocycles. The molecule has 2 atom stereocenters. The van der Waals surface area contributed by atoms with Crippen LogP contribution in [0, 0.1) is 23.7 Å². The van der Waals surface area contributed by atoms with E-state index in [1.165, 1.54) is 0 Å². The van der Waals surface area contributed by atoms with E-state index in [0.717, 1.165) is 32.1 Å². The van der Waals surface area contributed by atoms with Gasteiger partial charge in [-0.15, -0.1) is 5.92 Å². The molecule has 0 saturated carbocycles. The van der Waals surface area contributed by atoms with E-state index in [2.05, 4.69) is 30.6 Å². The van der Waals surface area contributed by atoms with Gasteiger partial charge in [-0.3, -0.25) is 4.79 Å². The normalized spacial score (nSPS) is 19.6. The Labute approximate surface area is 122 Å². The molecular formula is C17H25NO2. The van der Waals surface area contributed by atoms with Crippen LogP contribution in [0.1, 0.15) is 58.8 Å². The van der Waals surface area contributed by atoms with Crippen LogP contribution in [-0.4, -0.2) is 34.6 Å². The molecule has 0 aromatic rings. The highest BCUT2D eigenvalue weighted by Crippen LogP contribution is 2.17. The molecule has 20 heavy (non-hydrogen) atoms. The van der Waals surface area contributed by atoms with Gasteiger partial charge in [0.05, 0.1) is 12.6 Å². The van der Waals surface area contributed by atoms with Gasteiger partial charge in [0.25, 0.3) is 0 Å². The number of aliphatic hydroxyl groups is 1. The Kier molecular flexibility index (Phi) is 7.85. The van der Waals surface area contributed by atoms with Crippen LogP contribution in [0.4, 0.5) is 0 Å². The summed E-state index contributed by atoms with van der Waals surface area (Å²) in [6.45, 7) is 4.49. The monoisotopic (exact) mass is 275 g/mol. The molecule has 1 saturated heterocycles. The fraction of sp³-hybridized carbons (Fsp3) is 0.706. The van der Waals surface area contributed by atoms with Gasteiger partial charge in [-0.1, -0.05) is 38.0 Å². The van der Waals surface area contributed by atoms with Gasteiger partial charge in [-0.25, -0.2) is 0 Å². The molecule has 0 aromatic carbocycles. The Morgan fingerprint density at radius 3 is 2.90 bits per heavy atom. The van der Waals surface area contributed by atoms with Gasteiger partial charge < -0.3 is 10.0 Å². The molecule has 1 aliphatic rings. The second-order valence-corrected chi connectivity index (χ2v) is 5.10. The molecule has 1 fully saturated rings. The van der Waals surface area contributed by atoms with Gasteiger partial charge in [0, 0.05) is 12.8 Å². The molecule has 0 aliphatic carbocycles. The largest absolute Gasteiger partial charge is 0.380 e. The fourth-order valence-corrected chi connectivity index (χ4v) is 2.06. The summed E-state index contributed by atoms with van der Waals surface area (Å²) in [7, 11) is 0. The van der Waals surface area contributed by atoms with Crippen molar-refractivity contribution in [3.63, 3.8) is 0 Å². The number of unbranched alkanes of at least 4 members (excludes halogenated alkanes) is 2. The summed E-state index contributed by atoms with van der Waals surface area (Å²) in [6, 6.07) is -0.0853. The zero-order chi connectivity index (χ0) is 14.8. The van der Waals surface area contributed by atoms with Crippen molar-refractivity contribution in [3.05, 3.63) is 0 Å². The molecule has 0 aromatic heterocycles. The lowest BCUT2D eigenvalue weighted by Gasteiger charge is -2.31. The van der Waals surface area contributed by atoms with Gasteiger partial charge >= 0.3 is 0 Å². The van der Waals surface area contributed by atoms with Crippen molar-refractivity contribution >= 4 is 5.91 Å². The van der Waals surface area contributed by atoms with Gasteiger partial charge in [0.1, 0.15) is 6.10 Å². The lowest BCUT2D eigenvalue weighted by molar-refractivity contribution is -0.134. The van der Waals surface area contributed by atoms with Crippen molar-refractivity contribution in [1.82, 2.24) is 4.90 Å². The van der Waals surface area contributed by atoms with Crippen LogP contribution in [0.25, 0.3) is 0 Å². The number of aliphatic hydroxyl groups excluding tert-OH is 1. The summed E-state index contributed by atoms with van der Waals surface area (Å²) < 4.78 is 0. The van der Waals surface area contributed by atoms with E-state index in [1.807, 2.05) is 6.92 Å². The van der Waals surface area contributed by atoms with Crippen molar-refractivity contribution in [2.75, 3.05) is 6.54 Å². The van der Waals surface area contributed by atoms with Crippen LogP contribution < -0.4 is 0 Å². The van der Waals surface area contributed by atoms with E-state index in [1.54, 1.807) is 4.90 Å². The summed E-state index contributed by atoms with van der Waals surface area (Å²) in [5, 5.41) is 9.51. The average Bonchev–Trinajstić information content (AvgIpc) is 2.46. The van der Waals surface area contributed by atoms with E-state index in [9.17, 15) is 9.90 Å². The van der Waals surface area contributed by atoms with Crippen LogP contribution in [0.3, 0.4) is 0 Å². The van der Waals surface area contributed by atoms with Crippen LogP contribution in [-0.2, 0) is 4.79 Å². The zero-order valence-electron chi connectivity index (χ0n) is 12.6. The van der Waals surface area contributed by atoms with Crippen LogP contribution >= 0.6 is 0 Å². The zero-order valence-corrected chi connectivity index (χ0v) is 12.6. The second-order valence-electron chi connectivity index (χ2n) is 5.10. The highest BCUT2D eigenvalue weighted by Gasteiger charge is 2.25. The van der Waals surface area contributed by atoms with Crippen LogP contribution in [0.15, 0.2) is 0 Å². The molecule has 1 unspecified atom stereocenters. The first-order chi connectivity index (χ1) is 9.69. The minimum absolute atomic E-state index is 0.0853. The molecule has 110 valence electrons. The van der Waals surface area contributed by atoms with E-state index < -0.39 is 6.10 Å². The number of piperidine rings is 1. The van der Waals surface area contributed by atoms with Gasteiger partial charge in [0.2, 0.25) is 5.91 Å². The Bertz CT molecular complexity index is 422. The smallest absolute Gasteiger partial charge is 0.224 e. The number of rotatable bonds is 4. The molecule has 1 rings (SSSR count). The van der Waals surface area contributed by atoms with Crippen molar-refractivity contribution < 1.29 is 9.90 Å². The van der Waals surface area contributed by atoms with E-state index in [0.29, 0.717) is 19.4 Å². The predicted molar refractivity (Wildman–Crippen MR) is 80.7 cm³/mol. The third-order valence-corrected chi connectivity index (χ3v) is 3.40. The number of amides is 1. The van der Waals surface area contributed by atoms with Gasteiger partial charge in [-0.2, -0.15) is 0 Å². The van der Waals surface area contributed by atoms with Crippen molar-refractivity contribution in [2.45, 2.75) is 70.9 Å². The third kappa shape index (κ3) is 5.68. The molecule has 1 amide bonds. The van der Waals surface area contributed by atoms with E-state index in [4.69, 9.17) is 0 Å². The maximum atomic E-state index is 12.0. The minimum atomic E-state index is -0.593. The SMILES string of the molecule is CCCCC#CCN1C(=O)CCC[C@@H]1C#CC(O)CC. The highest BCUT2D eigenvalue weighted by atomic mass is 16.3. The molecule has 1 heterocycles. The average molecular weight is 275 g/mol. The first kappa shape index (κ1) is 16.6. The molecular weight excluding hydrogens is 250 g/mol. The fourth-order valence-electron chi connectivity index (χ4n) is 2.06. The lowest BCUT2D eigenvalue weighted by Crippen LogP contribution is -2.43. The topological polar surface area (TPSA) is 40.5 Å². The lowest BCUT2D eigenvalue weighted by atomic mass is 10.0. The maximum Gasteiger partial charge on any atom is 0.224 e. The number of hydrogen-bond acceptors (Lipinski definition) is 2. The molecule has 0 bridgehead atoms. The highest BCUT2D eigenvalue weighted by molar-refractivity contribution is 5.78. The number of carbonyl (C=O) groups is 1. The first-order valence-electron chi connectivity index (χ1n) is 7.63. The molecule has 3 nitrogen and oxygen atoms in total.